The Hall–Kier alpha value is -6.03. The van der Waals surface area contributed by atoms with E-state index in [1.807, 2.05) is 91.2 Å². The lowest BCUT2D eigenvalue weighted by atomic mass is 9.88. The van der Waals surface area contributed by atoms with Crippen LogP contribution in [0.25, 0.3) is 54.6 Å². The van der Waals surface area contributed by atoms with E-state index in [-0.39, 0.29) is 0 Å². The summed E-state index contributed by atoms with van der Waals surface area (Å²) in [4.78, 5) is 0. The number of nitriles is 3. The number of ether oxygens (including phenoxy) is 3. The average Bonchev–Trinajstić information content (AvgIpc) is 2.97. The maximum Gasteiger partial charge on any atom is 0.292 e. The Morgan fingerprint density at radius 1 is 0.385 bits per heavy atom. The van der Waals surface area contributed by atoms with E-state index in [0.29, 0.717) is 17.2 Å². The molecule has 0 aliphatic heterocycles. The fourth-order valence-corrected chi connectivity index (χ4v) is 5.28. The van der Waals surface area contributed by atoms with Crippen LogP contribution >= 0.6 is 0 Å². The van der Waals surface area contributed by atoms with Gasteiger partial charge in [-0.25, -0.2) is 0 Å². The predicted molar refractivity (Wildman–Crippen MR) is 149 cm³/mol. The molecule has 0 heterocycles. The number of rotatable bonds is 5. The molecule has 6 aromatic rings. The van der Waals surface area contributed by atoms with Crippen LogP contribution < -0.4 is 14.2 Å². The Balaban J connectivity index is 1.70. The molecule has 0 aliphatic rings. The normalized spacial score (nSPS) is 10.5. The van der Waals surface area contributed by atoms with Crippen molar-refractivity contribution in [3.05, 3.63) is 103 Å². The van der Waals surface area contributed by atoms with Gasteiger partial charge in [0.15, 0.2) is 11.5 Å². The summed E-state index contributed by atoms with van der Waals surface area (Å²) in [6.07, 6.45) is 5.37. The molecule has 0 saturated carbocycles. The van der Waals surface area contributed by atoms with E-state index < -0.39 is 0 Å². The van der Waals surface area contributed by atoms with Crippen LogP contribution in [0.4, 0.5) is 0 Å². The van der Waals surface area contributed by atoms with Gasteiger partial charge in [-0.1, -0.05) is 78.9 Å². The van der Waals surface area contributed by atoms with Crippen LogP contribution in [-0.4, -0.2) is 0 Å². The second-order valence-corrected chi connectivity index (χ2v) is 8.74. The Morgan fingerprint density at radius 3 is 1.64 bits per heavy atom. The van der Waals surface area contributed by atoms with Gasteiger partial charge in [0.2, 0.25) is 0 Å². The molecule has 6 aromatic carbocycles. The van der Waals surface area contributed by atoms with Crippen molar-refractivity contribution in [1.82, 2.24) is 0 Å². The topological polar surface area (TPSA) is 99.1 Å². The van der Waals surface area contributed by atoms with Crippen LogP contribution in [0.15, 0.2) is 103 Å². The summed E-state index contributed by atoms with van der Waals surface area (Å²) in [6, 6.07) is 32.5. The molecule has 0 N–H and O–H groups in total. The number of fused-ring (bicyclic) bond motifs is 3. The summed E-state index contributed by atoms with van der Waals surface area (Å²) in [5, 5.41) is 32.9. The molecule has 0 unspecified atom stereocenters. The van der Waals surface area contributed by atoms with Gasteiger partial charge in [0.05, 0.1) is 0 Å². The summed E-state index contributed by atoms with van der Waals surface area (Å²) in [5.41, 5.74) is 3.53. The summed E-state index contributed by atoms with van der Waals surface area (Å²) in [6.45, 7) is 0. The lowest BCUT2D eigenvalue weighted by Crippen LogP contribution is -1.93. The van der Waals surface area contributed by atoms with Crippen molar-refractivity contribution in [2.24, 2.45) is 0 Å². The Kier molecular flexibility index (Phi) is 5.87. The molecule has 0 fully saturated rings. The number of hydrogen-bond acceptors (Lipinski definition) is 6. The van der Waals surface area contributed by atoms with Gasteiger partial charge in [0.25, 0.3) is 18.8 Å². The molecule has 0 atom stereocenters. The molecule has 6 rings (SSSR count). The molecule has 0 aromatic heterocycles. The van der Waals surface area contributed by atoms with E-state index in [1.165, 1.54) is 0 Å². The molecule has 182 valence electrons. The first-order chi connectivity index (χ1) is 19.2. The highest BCUT2D eigenvalue weighted by Gasteiger charge is 2.19. The Morgan fingerprint density at radius 2 is 0.897 bits per heavy atom. The first kappa shape index (κ1) is 23.4. The summed E-state index contributed by atoms with van der Waals surface area (Å²) in [5.74, 6) is 1.35. The lowest BCUT2D eigenvalue weighted by Gasteiger charge is -2.17. The largest absolute Gasteiger partial charge is 0.387 e. The fraction of sp³-hybridized carbons (Fsp3) is 0. The zero-order valence-electron chi connectivity index (χ0n) is 20.4. The molecular weight excluding hydrogens is 486 g/mol. The maximum atomic E-state index is 9.46. The molecule has 0 spiro atoms. The highest BCUT2D eigenvalue weighted by atomic mass is 16.5. The first-order valence-corrected chi connectivity index (χ1v) is 12.0. The van der Waals surface area contributed by atoms with E-state index in [0.717, 1.165) is 54.6 Å². The summed E-state index contributed by atoms with van der Waals surface area (Å²) >= 11 is 0. The predicted octanol–water partition coefficient (Wildman–Crippen LogP) is 8.06. The van der Waals surface area contributed by atoms with E-state index in [9.17, 15) is 10.5 Å². The van der Waals surface area contributed by atoms with Crippen LogP contribution in [0.3, 0.4) is 0 Å². The van der Waals surface area contributed by atoms with Gasteiger partial charge < -0.3 is 14.2 Å². The van der Waals surface area contributed by atoms with Gasteiger partial charge in [0.1, 0.15) is 5.75 Å². The van der Waals surface area contributed by atoms with E-state index in [2.05, 4.69) is 0 Å². The molecule has 0 amide bonds. The third-order valence-electron chi connectivity index (χ3n) is 6.80. The molecule has 0 saturated heterocycles. The third kappa shape index (κ3) is 3.89. The van der Waals surface area contributed by atoms with Crippen molar-refractivity contribution >= 4 is 32.3 Å². The second kappa shape index (κ2) is 9.79. The minimum Gasteiger partial charge on any atom is -0.387 e. The minimum absolute atomic E-state index is 0.419. The summed E-state index contributed by atoms with van der Waals surface area (Å²) in [7, 11) is 0. The SMILES string of the molecule is N#COc1ccc(-c2ccc(-c3cccc4cccc(OC#N)c34)c3cccc(OC#N)c23)c2ccccc12. The molecule has 0 bridgehead atoms. The van der Waals surface area contributed by atoms with Crippen molar-refractivity contribution in [3.8, 4) is 58.3 Å². The van der Waals surface area contributed by atoms with Crippen molar-refractivity contribution in [1.29, 1.82) is 15.8 Å². The Bertz CT molecular complexity index is 2040. The van der Waals surface area contributed by atoms with Gasteiger partial charge in [-0.3, -0.25) is 0 Å². The van der Waals surface area contributed by atoms with Crippen LogP contribution in [-0.2, 0) is 0 Å². The number of hydrogen-bond donors (Lipinski definition) is 0. The molecule has 0 radical (unpaired) electrons. The van der Waals surface area contributed by atoms with Gasteiger partial charge >= 0.3 is 0 Å². The second-order valence-electron chi connectivity index (χ2n) is 8.74. The van der Waals surface area contributed by atoms with Gasteiger partial charge in [0, 0.05) is 16.2 Å². The highest BCUT2D eigenvalue weighted by Crippen LogP contribution is 2.45. The van der Waals surface area contributed by atoms with Crippen molar-refractivity contribution in [3.63, 3.8) is 0 Å². The van der Waals surface area contributed by atoms with Crippen molar-refractivity contribution in [2.45, 2.75) is 0 Å². The van der Waals surface area contributed by atoms with Crippen molar-refractivity contribution in [2.75, 3.05) is 0 Å². The number of benzene rings is 6. The zero-order valence-corrected chi connectivity index (χ0v) is 20.4. The van der Waals surface area contributed by atoms with E-state index in [1.54, 1.807) is 30.7 Å². The quantitative estimate of drug-likeness (QED) is 0.221. The smallest absolute Gasteiger partial charge is 0.292 e. The monoisotopic (exact) mass is 503 g/mol. The molecule has 0 aliphatic carbocycles. The number of nitrogens with zero attached hydrogens (tertiary/aromatic N) is 3. The van der Waals surface area contributed by atoms with Crippen LogP contribution in [0.2, 0.25) is 0 Å². The third-order valence-corrected chi connectivity index (χ3v) is 6.80. The molecule has 6 nitrogen and oxygen atoms in total. The van der Waals surface area contributed by atoms with Crippen LogP contribution in [0.5, 0.6) is 17.2 Å². The average molecular weight is 504 g/mol. The minimum atomic E-state index is 0.419. The molecular formula is C33H17N3O3. The van der Waals surface area contributed by atoms with Crippen LogP contribution in [0, 0.1) is 34.6 Å². The summed E-state index contributed by atoms with van der Waals surface area (Å²) < 4.78 is 16.0. The van der Waals surface area contributed by atoms with E-state index in [4.69, 9.17) is 19.5 Å². The Labute approximate surface area is 223 Å². The lowest BCUT2D eigenvalue weighted by molar-refractivity contribution is 0.513. The van der Waals surface area contributed by atoms with Gasteiger partial charge in [-0.2, -0.15) is 0 Å². The highest BCUT2D eigenvalue weighted by molar-refractivity contribution is 6.15. The first-order valence-electron chi connectivity index (χ1n) is 12.0. The zero-order chi connectivity index (χ0) is 26.8. The fourth-order valence-electron chi connectivity index (χ4n) is 5.28. The standard InChI is InChI=1S/C33H17N3O3/c34-18-37-29-17-16-23(22-8-1-2-9-25(22)29)28-15-14-24(27-11-5-13-31(33(27)28)39-20-36)26-10-3-6-21-7-4-12-30(32(21)26)38-19-35/h1-17H. The molecule has 39 heavy (non-hydrogen) atoms. The van der Waals surface area contributed by atoms with Gasteiger partial charge in [-0.15, -0.1) is 15.8 Å². The van der Waals surface area contributed by atoms with Crippen molar-refractivity contribution < 1.29 is 14.2 Å². The van der Waals surface area contributed by atoms with Gasteiger partial charge in [-0.05, 0) is 62.7 Å². The van der Waals surface area contributed by atoms with Crippen LogP contribution in [0.1, 0.15) is 0 Å². The van der Waals surface area contributed by atoms with E-state index >= 15 is 0 Å². The molecule has 6 heteroatoms. The maximum absolute atomic E-state index is 9.46.